The maximum Gasteiger partial charge on any atom is 0.258 e. The van der Waals surface area contributed by atoms with Gasteiger partial charge in [-0.25, -0.2) is 4.98 Å². The lowest BCUT2D eigenvalue weighted by molar-refractivity contribution is 0.295. The number of benzene rings is 1. The van der Waals surface area contributed by atoms with E-state index in [0.717, 1.165) is 6.54 Å². The van der Waals surface area contributed by atoms with Crippen LogP contribution < -0.4 is 10.3 Å². The first-order valence-electron chi connectivity index (χ1n) is 6.39. The van der Waals surface area contributed by atoms with Gasteiger partial charge in [-0.2, -0.15) is 5.10 Å². The van der Waals surface area contributed by atoms with Crippen LogP contribution in [0.3, 0.4) is 0 Å². The highest BCUT2D eigenvalue weighted by atomic mass is 16.5. The smallest absolute Gasteiger partial charge is 0.258 e. The van der Waals surface area contributed by atoms with Gasteiger partial charge >= 0.3 is 0 Å². The fraction of sp³-hybridized carbons (Fsp3) is 0.214. The number of aromatic amines is 1. The summed E-state index contributed by atoms with van der Waals surface area (Å²) < 4.78 is 7.33. The number of hydrogen-bond donors (Lipinski definition) is 1. The lowest BCUT2D eigenvalue weighted by Gasteiger charge is -2.04. The second-order valence-corrected chi connectivity index (χ2v) is 4.35. The largest absolute Gasteiger partial charge is 0.482 e. The SMILES string of the molecule is CCn1cc(OCc2nc3ccccc3c(=O)[nH]2)cn1. The summed E-state index contributed by atoms with van der Waals surface area (Å²) in [5.74, 6) is 1.15. The molecular weight excluding hydrogens is 256 g/mol. The highest BCUT2D eigenvalue weighted by Crippen LogP contribution is 2.11. The van der Waals surface area contributed by atoms with E-state index in [4.69, 9.17) is 4.74 Å². The molecule has 0 atom stereocenters. The lowest BCUT2D eigenvalue weighted by Crippen LogP contribution is -2.13. The van der Waals surface area contributed by atoms with Crippen LogP contribution in [0.1, 0.15) is 12.7 Å². The van der Waals surface area contributed by atoms with Gasteiger partial charge in [0.1, 0.15) is 12.4 Å². The first kappa shape index (κ1) is 12.4. The Bertz CT molecular complexity index is 791. The van der Waals surface area contributed by atoms with E-state index in [1.165, 1.54) is 0 Å². The van der Waals surface area contributed by atoms with Gasteiger partial charge in [-0.1, -0.05) is 12.1 Å². The molecule has 6 heteroatoms. The Balaban J connectivity index is 1.82. The number of para-hydroxylation sites is 1. The van der Waals surface area contributed by atoms with E-state index in [1.54, 1.807) is 23.1 Å². The summed E-state index contributed by atoms with van der Waals surface area (Å²) in [6.45, 7) is 2.99. The highest BCUT2D eigenvalue weighted by molar-refractivity contribution is 5.77. The Kier molecular flexibility index (Phi) is 3.20. The van der Waals surface area contributed by atoms with Crippen molar-refractivity contribution in [2.24, 2.45) is 0 Å². The Labute approximate surface area is 115 Å². The molecule has 2 heterocycles. The third kappa shape index (κ3) is 2.40. The summed E-state index contributed by atoms with van der Waals surface area (Å²) in [4.78, 5) is 19.0. The standard InChI is InChI=1S/C14H14N4O2/c1-2-18-8-10(7-15-18)20-9-13-16-12-6-4-3-5-11(12)14(19)17-13/h3-8H,2,9H2,1H3,(H,16,17,19). The molecule has 0 aliphatic rings. The average molecular weight is 270 g/mol. The van der Waals surface area contributed by atoms with Gasteiger partial charge in [0.25, 0.3) is 5.56 Å². The summed E-state index contributed by atoms with van der Waals surface area (Å²) in [6.07, 6.45) is 3.45. The minimum absolute atomic E-state index is 0.154. The maximum atomic E-state index is 11.9. The summed E-state index contributed by atoms with van der Waals surface area (Å²) in [6, 6.07) is 7.22. The molecule has 3 rings (SSSR count). The quantitative estimate of drug-likeness (QED) is 0.783. The van der Waals surface area contributed by atoms with Crippen LogP contribution in [0.5, 0.6) is 5.75 Å². The number of fused-ring (bicyclic) bond motifs is 1. The van der Waals surface area contributed by atoms with Crippen LogP contribution in [0, 0.1) is 0 Å². The Morgan fingerprint density at radius 1 is 1.35 bits per heavy atom. The van der Waals surface area contributed by atoms with Crippen molar-refractivity contribution in [2.75, 3.05) is 0 Å². The topological polar surface area (TPSA) is 72.8 Å². The van der Waals surface area contributed by atoms with Gasteiger partial charge in [-0.05, 0) is 19.1 Å². The van der Waals surface area contributed by atoms with Crippen LogP contribution in [0.4, 0.5) is 0 Å². The van der Waals surface area contributed by atoms with Crippen molar-refractivity contribution < 1.29 is 4.74 Å². The molecule has 0 aliphatic carbocycles. The van der Waals surface area contributed by atoms with Crippen molar-refractivity contribution >= 4 is 10.9 Å². The molecule has 3 aromatic rings. The van der Waals surface area contributed by atoms with Crippen molar-refractivity contribution in [3.63, 3.8) is 0 Å². The van der Waals surface area contributed by atoms with Crippen LogP contribution in [-0.4, -0.2) is 19.7 Å². The molecule has 1 N–H and O–H groups in total. The zero-order valence-electron chi connectivity index (χ0n) is 11.0. The molecular formula is C14H14N4O2. The van der Waals surface area contributed by atoms with E-state index in [-0.39, 0.29) is 12.2 Å². The number of aryl methyl sites for hydroxylation is 1. The summed E-state index contributed by atoms with van der Waals surface area (Å²) in [5, 5.41) is 4.69. The molecule has 6 nitrogen and oxygen atoms in total. The fourth-order valence-corrected chi connectivity index (χ4v) is 1.95. The monoisotopic (exact) mass is 270 g/mol. The predicted molar refractivity (Wildman–Crippen MR) is 74.6 cm³/mol. The van der Waals surface area contributed by atoms with Gasteiger partial charge < -0.3 is 9.72 Å². The molecule has 0 saturated heterocycles. The van der Waals surface area contributed by atoms with Gasteiger partial charge in [0.05, 0.1) is 23.3 Å². The van der Waals surface area contributed by atoms with Crippen LogP contribution in [0.2, 0.25) is 0 Å². The molecule has 0 unspecified atom stereocenters. The summed E-state index contributed by atoms with van der Waals surface area (Å²) in [5.41, 5.74) is 0.512. The van der Waals surface area contributed by atoms with Gasteiger partial charge in [0.2, 0.25) is 0 Å². The van der Waals surface area contributed by atoms with Crippen LogP contribution >= 0.6 is 0 Å². The van der Waals surface area contributed by atoms with Crippen molar-refractivity contribution in [3.05, 3.63) is 52.8 Å². The van der Waals surface area contributed by atoms with Crippen molar-refractivity contribution in [2.45, 2.75) is 20.1 Å². The molecule has 0 saturated carbocycles. The molecule has 102 valence electrons. The molecule has 0 amide bonds. The van der Waals surface area contributed by atoms with E-state index >= 15 is 0 Å². The zero-order valence-corrected chi connectivity index (χ0v) is 11.0. The third-order valence-electron chi connectivity index (χ3n) is 2.97. The van der Waals surface area contributed by atoms with E-state index in [9.17, 15) is 4.79 Å². The van der Waals surface area contributed by atoms with Crippen molar-refractivity contribution in [1.29, 1.82) is 0 Å². The summed E-state index contributed by atoms with van der Waals surface area (Å²) >= 11 is 0. The summed E-state index contributed by atoms with van der Waals surface area (Å²) in [7, 11) is 0. The number of hydrogen-bond acceptors (Lipinski definition) is 4. The van der Waals surface area contributed by atoms with E-state index in [2.05, 4.69) is 15.1 Å². The van der Waals surface area contributed by atoms with E-state index in [0.29, 0.717) is 22.5 Å². The minimum Gasteiger partial charge on any atom is -0.482 e. The van der Waals surface area contributed by atoms with E-state index in [1.807, 2.05) is 25.1 Å². The molecule has 0 radical (unpaired) electrons. The van der Waals surface area contributed by atoms with Crippen LogP contribution in [0.15, 0.2) is 41.5 Å². The third-order valence-corrected chi connectivity index (χ3v) is 2.97. The molecule has 1 aromatic carbocycles. The zero-order chi connectivity index (χ0) is 13.9. The Hall–Kier alpha value is -2.63. The predicted octanol–water partition coefficient (Wildman–Crippen LogP) is 1.72. The second-order valence-electron chi connectivity index (χ2n) is 4.35. The van der Waals surface area contributed by atoms with Crippen molar-refractivity contribution in [1.82, 2.24) is 19.7 Å². The van der Waals surface area contributed by atoms with Gasteiger partial charge in [-0.3, -0.25) is 9.48 Å². The number of ether oxygens (including phenoxy) is 1. The van der Waals surface area contributed by atoms with Crippen LogP contribution in [0.25, 0.3) is 10.9 Å². The highest BCUT2D eigenvalue weighted by Gasteiger charge is 2.04. The van der Waals surface area contributed by atoms with Crippen molar-refractivity contribution in [3.8, 4) is 5.75 Å². The number of aromatic nitrogens is 4. The average Bonchev–Trinajstić information content (AvgIpc) is 2.93. The maximum absolute atomic E-state index is 11.9. The van der Waals surface area contributed by atoms with E-state index < -0.39 is 0 Å². The lowest BCUT2D eigenvalue weighted by atomic mass is 10.2. The Morgan fingerprint density at radius 2 is 2.20 bits per heavy atom. The number of nitrogens with one attached hydrogen (secondary N) is 1. The van der Waals surface area contributed by atoms with Crippen LogP contribution in [-0.2, 0) is 13.2 Å². The normalized spacial score (nSPS) is 10.8. The van der Waals surface area contributed by atoms with Gasteiger partial charge in [0.15, 0.2) is 5.75 Å². The number of H-pyrrole nitrogens is 1. The first-order chi connectivity index (χ1) is 9.76. The minimum atomic E-state index is -0.154. The molecule has 20 heavy (non-hydrogen) atoms. The number of rotatable bonds is 4. The molecule has 0 spiro atoms. The molecule has 0 fully saturated rings. The van der Waals surface area contributed by atoms with Gasteiger partial charge in [0, 0.05) is 6.54 Å². The first-order valence-corrected chi connectivity index (χ1v) is 6.39. The van der Waals surface area contributed by atoms with Gasteiger partial charge in [-0.15, -0.1) is 0 Å². The Morgan fingerprint density at radius 3 is 3.00 bits per heavy atom. The molecule has 2 aromatic heterocycles. The molecule has 0 bridgehead atoms. The second kappa shape index (κ2) is 5.16. The fourth-order valence-electron chi connectivity index (χ4n) is 1.95. The number of nitrogens with zero attached hydrogens (tertiary/aromatic N) is 3. The molecule has 0 aliphatic heterocycles.